The lowest BCUT2D eigenvalue weighted by molar-refractivity contribution is -0.118. The average molecular weight is 257 g/mol. The Morgan fingerprint density at radius 3 is 2.84 bits per heavy atom. The molecule has 1 aromatic rings. The highest BCUT2D eigenvalue weighted by Crippen LogP contribution is 2.23. The second-order valence-corrected chi connectivity index (χ2v) is 5.03. The molecule has 1 unspecified atom stereocenters. The van der Waals surface area contributed by atoms with Gasteiger partial charge in [0, 0.05) is 5.69 Å². The van der Waals surface area contributed by atoms with Gasteiger partial charge in [0.15, 0.2) is 0 Å². The molecule has 2 rings (SSSR count). The van der Waals surface area contributed by atoms with Crippen molar-refractivity contribution >= 4 is 11.6 Å². The first-order chi connectivity index (χ1) is 9.13. The molecule has 1 aromatic carbocycles. The Balaban J connectivity index is 2.18. The van der Waals surface area contributed by atoms with E-state index in [2.05, 4.69) is 16.7 Å². The zero-order valence-corrected chi connectivity index (χ0v) is 11.4. The standard InChI is InChI=1S/C15H19N3O/c1-10-6-7-12(9-16)11(2)14(10)18-15(19)13-5-3-4-8-17-13/h6-7,13,17H,3-5,8H2,1-2H3,(H,18,19). The van der Waals surface area contributed by atoms with Crippen molar-refractivity contribution in [2.45, 2.75) is 39.2 Å². The molecule has 1 amide bonds. The van der Waals surface area contributed by atoms with Crippen molar-refractivity contribution in [2.75, 3.05) is 11.9 Å². The molecule has 0 radical (unpaired) electrons. The maximum atomic E-state index is 12.2. The first-order valence-corrected chi connectivity index (χ1v) is 6.68. The number of anilines is 1. The van der Waals surface area contributed by atoms with Crippen LogP contribution in [0.5, 0.6) is 0 Å². The summed E-state index contributed by atoms with van der Waals surface area (Å²) in [5.74, 6) is 0.000916. The van der Waals surface area contributed by atoms with Crippen LogP contribution < -0.4 is 10.6 Å². The van der Waals surface area contributed by atoms with Crippen LogP contribution in [-0.4, -0.2) is 18.5 Å². The normalized spacial score (nSPS) is 18.7. The van der Waals surface area contributed by atoms with Crippen LogP contribution >= 0.6 is 0 Å². The Kier molecular flexibility index (Phi) is 4.18. The summed E-state index contributed by atoms with van der Waals surface area (Å²) in [5, 5.41) is 15.2. The molecule has 0 bridgehead atoms. The zero-order chi connectivity index (χ0) is 13.8. The van der Waals surface area contributed by atoms with Crippen LogP contribution in [0.2, 0.25) is 0 Å². The fourth-order valence-corrected chi connectivity index (χ4v) is 2.45. The number of nitrogens with zero attached hydrogens (tertiary/aromatic N) is 1. The van der Waals surface area contributed by atoms with Crippen molar-refractivity contribution in [3.8, 4) is 6.07 Å². The summed E-state index contributed by atoms with van der Waals surface area (Å²) in [6.07, 6.45) is 3.09. The predicted octanol–water partition coefficient (Wildman–Crippen LogP) is 2.26. The third-order valence-corrected chi connectivity index (χ3v) is 3.67. The van der Waals surface area contributed by atoms with Gasteiger partial charge >= 0.3 is 0 Å². The molecule has 4 nitrogen and oxygen atoms in total. The number of rotatable bonds is 2. The van der Waals surface area contributed by atoms with Crippen LogP contribution in [-0.2, 0) is 4.79 Å². The molecule has 0 spiro atoms. The number of carbonyl (C=O) groups is 1. The van der Waals surface area contributed by atoms with Crippen LogP contribution in [0.25, 0.3) is 0 Å². The molecule has 100 valence electrons. The van der Waals surface area contributed by atoms with Crippen LogP contribution in [0.15, 0.2) is 12.1 Å². The van der Waals surface area contributed by atoms with E-state index < -0.39 is 0 Å². The number of hydrogen-bond acceptors (Lipinski definition) is 3. The number of aryl methyl sites for hydroxylation is 1. The smallest absolute Gasteiger partial charge is 0.241 e. The quantitative estimate of drug-likeness (QED) is 0.854. The van der Waals surface area contributed by atoms with Crippen molar-refractivity contribution in [1.82, 2.24) is 5.32 Å². The van der Waals surface area contributed by atoms with Gasteiger partial charge in [0.2, 0.25) is 5.91 Å². The number of nitriles is 1. The lowest BCUT2D eigenvalue weighted by atomic mass is 10.0. The van der Waals surface area contributed by atoms with E-state index in [0.29, 0.717) is 5.56 Å². The minimum atomic E-state index is -0.113. The molecule has 0 aromatic heterocycles. The monoisotopic (exact) mass is 257 g/mol. The predicted molar refractivity (Wildman–Crippen MR) is 74.9 cm³/mol. The van der Waals surface area contributed by atoms with Crippen molar-refractivity contribution < 1.29 is 4.79 Å². The summed E-state index contributed by atoms with van der Waals surface area (Å²) in [6, 6.07) is 5.70. The van der Waals surface area contributed by atoms with E-state index in [1.165, 1.54) is 0 Å². The summed E-state index contributed by atoms with van der Waals surface area (Å²) >= 11 is 0. The molecule has 1 saturated heterocycles. The van der Waals surface area contributed by atoms with E-state index in [1.54, 1.807) is 6.07 Å². The third kappa shape index (κ3) is 2.94. The number of nitrogens with one attached hydrogen (secondary N) is 2. The molecular formula is C15H19N3O. The Hall–Kier alpha value is -1.86. The summed E-state index contributed by atoms with van der Waals surface area (Å²) in [5.41, 5.74) is 3.21. The maximum Gasteiger partial charge on any atom is 0.241 e. The zero-order valence-electron chi connectivity index (χ0n) is 11.4. The van der Waals surface area contributed by atoms with Gasteiger partial charge in [-0.3, -0.25) is 4.79 Å². The van der Waals surface area contributed by atoms with Gasteiger partial charge in [0.25, 0.3) is 0 Å². The molecule has 1 atom stereocenters. The van der Waals surface area contributed by atoms with Crippen molar-refractivity contribution in [2.24, 2.45) is 0 Å². The summed E-state index contributed by atoms with van der Waals surface area (Å²) in [7, 11) is 0. The SMILES string of the molecule is Cc1ccc(C#N)c(C)c1NC(=O)C1CCCCN1. The van der Waals surface area contributed by atoms with Gasteiger partial charge in [0.05, 0.1) is 17.7 Å². The van der Waals surface area contributed by atoms with Crippen LogP contribution in [0, 0.1) is 25.2 Å². The second kappa shape index (κ2) is 5.85. The Morgan fingerprint density at radius 1 is 1.42 bits per heavy atom. The fourth-order valence-electron chi connectivity index (χ4n) is 2.45. The molecule has 0 saturated carbocycles. The lowest BCUT2D eigenvalue weighted by Crippen LogP contribution is -2.43. The number of carbonyl (C=O) groups excluding carboxylic acids is 1. The van der Waals surface area contributed by atoms with E-state index in [9.17, 15) is 4.79 Å². The fraction of sp³-hybridized carbons (Fsp3) is 0.467. The van der Waals surface area contributed by atoms with Gasteiger partial charge < -0.3 is 10.6 Å². The van der Waals surface area contributed by atoms with Crippen molar-refractivity contribution in [1.29, 1.82) is 5.26 Å². The van der Waals surface area contributed by atoms with E-state index in [-0.39, 0.29) is 11.9 Å². The van der Waals surface area contributed by atoms with Crippen LogP contribution in [0.3, 0.4) is 0 Å². The molecule has 1 aliphatic heterocycles. The molecular weight excluding hydrogens is 238 g/mol. The minimum Gasteiger partial charge on any atom is -0.324 e. The van der Waals surface area contributed by atoms with Crippen LogP contribution in [0.1, 0.15) is 36.0 Å². The summed E-state index contributed by atoms with van der Waals surface area (Å²) in [6.45, 7) is 4.71. The number of hydrogen-bond donors (Lipinski definition) is 2. The van der Waals surface area contributed by atoms with Gasteiger partial charge in [-0.2, -0.15) is 5.26 Å². The van der Waals surface area contributed by atoms with E-state index in [4.69, 9.17) is 5.26 Å². The van der Waals surface area contributed by atoms with Gasteiger partial charge in [-0.1, -0.05) is 12.5 Å². The average Bonchev–Trinajstić information content (AvgIpc) is 2.44. The topological polar surface area (TPSA) is 64.9 Å². The first-order valence-electron chi connectivity index (χ1n) is 6.68. The highest BCUT2D eigenvalue weighted by Gasteiger charge is 2.21. The van der Waals surface area contributed by atoms with E-state index in [1.807, 2.05) is 19.9 Å². The van der Waals surface area contributed by atoms with Crippen LogP contribution in [0.4, 0.5) is 5.69 Å². The minimum absolute atomic E-state index is 0.000916. The molecule has 4 heteroatoms. The molecule has 0 aliphatic carbocycles. The van der Waals surface area contributed by atoms with Gasteiger partial charge in [-0.15, -0.1) is 0 Å². The molecule has 19 heavy (non-hydrogen) atoms. The third-order valence-electron chi connectivity index (χ3n) is 3.67. The Labute approximate surface area is 113 Å². The van der Waals surface area contributed by atoms with Gasteiger partial charge in [-0.25, -0.2) is 0 Å². The molecule has 2 N–H and O–H groups in total. The van der Waals surface area contributed by atoms with Gasteiger partial charge in [-0.05, 0) is 50.4 Å². The number of piperidine rings is 1. The largest absolute Gasteiger partial charge is 0.324 e. The molecule has 1 fully saturated rings. The molecule has 1 aliphatic rings. The van der Waals surface area contributed by atoms with Crippen molar-refractivity contribution in [3.63, 3.8) is 0 Å². The maximum absolute atomic E-state index is 12.2. The van der Waals surface area contributed by atoms with Crippen molar-refractivity contribution in [3.05, 3.63) is 28.8 Å². The molecule has 1 heterocycles. The highest BCUT2D eigenvalue weighted by atomic mass is 16.2. The van der Waals surface area contributed by atoms with Gasteiger partial charge in [0.1, 0.15) is 0 Å². The number of benzene rings is 1. The second-order valence-electron chi connectivity index (χ2n) is 5.03. The first kappa shape index (κ1) is 13.6. The Bertz CT molecular complexity index is 525. The summed E-state index contributed by atoms with van der Waals surface area (Å²) in [4.78, 5) is 12.2. The van der Waals surface area contributed by atoms with E-state index >= 15 is 0 Å². The lowest BCUT2D eigenvalue weighted by Gasteiger charge is -2.23. The highest BCUT2D eigenvalue weighted by molar-refractivity contribution is 5.96. The Morgan fingerprint density at radius 2 is 2.21 bits per heavy atom. The van der Waals surface area contributed by atoms with E-state index in [0.717, 1.165) is 42.6 Å². The number of amides is 1. The summed E-state index contributed by atoms with van der Waals surface area (Å²) < 4.78 is 0.